The third-order valence-corrected chi connectivity index (χ3v) is 5.06. The molecule has 0 saturated carbocycles. The molecule has 0 spiro atoms. The molecule has 200 valence electrons. The van der Waals surface area contributed by atoms with Gasteiger partial charge in [0, 0.05) is 27.7 Å². The van der Waals surface area contributed by atoms with Crippen molar-refractivity contribution in [3.63, 3.8) is 0 Å². The second-order valence-corrected chi connectivity index (χ2v) is 7.90. The minimum Gasteiger partial charge on any atom is -0.463 e. The average molecular weight is 510 g/mol. The lowest BCUT2D eigenvalue weighted by Gasteiger charge is -2.46. The molecule has 0 bridgehead atoms. The number of carbonyl (C=O) groups is 4. The average Bonchev–Trinajstić information content (AvgIpc) is 2.75. The lowest BCUT2D eigenvalue weighted by molar-refractivity contribution is -0.377. The molecule has 0 amide bonds. The Kier molecular flexibility index (Phi) is 10.3. The van der Waals surface area contributed by atoms with Crippen molar-refractivity contribution < 1.29 is 72.8 Å². The van der Waals surface area contributed by atoms with E-state index in [-0.39, 0.29) is 0 Å². The summed E-state index contributed by atoms with van der Waals surface area (Å²) >= 11 is 0. The topological polar surface area (TPSA) is 214 Å². The number of hydrogen-bond donors (Lipinski definition) is 4. The summed E-state index contributed by atoms with van der Waals surface area (Å²) < 4.78 is 37.2. The largest absolute Gasteiger partial charge is 0.463 e. The lowest BCUT2D eigenvalue weighted by Crippen LogP contribution is -2.65. The Balaban J connectivity index is 2.43. The monoisotopic (exact) mass is 510 g/mol. The molecule has 2 fully saturated rings. The van der Waals surface area contributed by atoms with Crippen molar-refractivity contribution in [1.29, 1.82) is 0 Å². The maximum Gasteiger partial charge on any atom is 0.303 e. The summed E-state index contributed by atoms with van der Waals surface area (Å²) in [6, 6.07) is 0. The fourth-order valence-corrected chi connectivity index (χ4v) is 3.61. The highest BCUT2D eigenvalue weighted by molar-refractivity contribution is 5.68. The van der Waals surface area contributed by atoms with Gasteiger partial charge in [0.15, 0.2) is 24.6 Å². The van der Waals surface area contributed by atoms with Crippen molar-refractivity contribution in [3.8, 4) is 0 Å². The Morgan fingerprint density at radius 2 is 1.17 bits per heavy atom. The summed E-state index contributed by atoms with van der Waals surface area (Å²) in [4.78, 5) is 46.8. The molecule has 35 heavy (non-hydrogen) atoms. The van der Waals surface area contributed by atoms with Gasteiger partial charge in [0.25, 0.3) is 0 Å². The smallest absolute Gasteiger partial charge is 0.303 e. The summed E-state index contributed by atoms with van der Waals surface area (Å²) in [6.45, 7) is 2.98. The van der Waals surface area contributed by atoms with E-state index in [1.165, 1.54) is 0 Å². The van der Waals surface area contributed by atoms with Crippen LogP contribution in [-0.2, 0) is 52.3 Å². The van der Waals surface area contributed by atoms with Crippen LogP contribution in [0.2, 0.25) is 0 Å². The highest BCUT2D eigenvalue weighted by atomic mass is 16.8. The predicted octanol–water partition coefficient (Wildman–Crippen LogP) is -3.11. The first kappa shape index (κ1) is 28.8. The lowest BCUT2D eigenvalue weighted by atomic mass is 9.97. The second-order valence-electron chi connectivity index (χ2n) is 7.90. The molecule has 2 aliphatic heterocycles. The molecular weight excluding hydrogens is 480 g/mol. The van der Waals surface area contributed by atoms with Crippen LogP contribution in [0.1, 0.15) is 27.7 Å². The molecule has 2 aliphatic rings. The Bertz CT molecular complexity index is 770. The molecule has 4 N–H and O–H groups in total. The Hall–Kier alpha value is -2.40. The van der Waals surface area contributed by atoms with Gasteiger partial charge < -0.3 is 53.6 Å². The van der Waals surface area contributed by atoms with E-state index in [0.29, 0.717) is 0 Å². The van der Waals surface area contributed by atoms with Gasteiger partial charge in [-0.2, -0.15) is 0 Å². The maximum atomic E-state index is 11.8. The fraction of sp³-hybridized carbons (Fsp3) is 0.800. The van der Waals surface area contributed by atoms with Gasteiger partial charge >= 0.3 is 23.9 Å². The Morgan fingerprint density at radius 1 is 0.657 bits per heavy atom. The van der Waals surface area contributed by atoms with Crippen molar-refractivity contribution in [2.24, 2.45) is 0 Å². The zero-order valence-electron chi connectivity index (χ0n) is 19.5. The fourth-order valence-electron chi connectivity index (χ4n) is 3.61. The van der Waals surface area contributed by atoms with Gasteiger partial charge in [-0.1, -0.05) is 0 Å². The molecule has 0 aliphatic carbocycles. The molecule has 0 aromatic heterocycles. The van der Waals surface area contributed by atoms with Crippen LogP contribution in [0.15, 0.2) is 0 Å². The minimum atomic E-state index is -1.85. The summed E-state index contributed by atoms with van der Waals surface area (Å²) in [7, 11) is 0. The highest BCUT2D eigenvalue weighted by Gasteiger charge is 2.55. The SMILES string of the molecule is CC(=O)OC[C@@H]1O[C@@H](O[C@@H]2O[C@H](CO)[C@H](O)[C@H](O)[C@H]2O)[C@H](OC(C)=O)[C@@H](OC(C)=O)[C@@H]1OC(C)=O. The van der Waals surface area contributed by atoms with Crippen molar-refractivity contribution in [3.05, 3.63) is 0 Å². The number of carbonyl (C=O) groups excluding carboxylic acids is 4. The third kappa shape index (κ3) is 7.54. The molecule has 2 heterocycles. The number of aliphatic hydroxyl groups is 4. The van der Waals surface area contributed by atoms with E-state index in [1.807, 2.05) is 0 Å². The molecule has 0 unspecified atom stereocenters. The van der Waals surface area contributed by atoms with Crippen molar-refractivity contribution in [1.82, 2.24) is 0 Å². The van der Waals surface area contributed by atoms with Gasteiger partial charge in [-0.25, -0.2) is 0 Å². The van der Waals surface area contributed by atoms with Crippen LogP contribution < -0.4 is 0 Å². The van der Waals surface area contributed by atoms with E-state index in [1.54, 1.807) is 0 Å². The summed E-state index contributed by atoms with van der Waals surface area (Å²) in [5.41, 5.74) is 0. The van der Waals surface area contributed by atoms with E-state index < -0.39 is 98.5 Å². The van der Waals surface area contributed by atoms with Crippen molar-refractivity contribution >= 4 is 23.9 Å². The molecule has 2 saturated heterocycles. The molecule has 0 aromatic carbocycles. The Labute approximate surface area is 199 Å². The first-order valence-electron chi connectivity index (χ1n) is 10.6. The molecule has 15 nitrogen and oxygen atoms in total. The standard InChI is InChI=1S/C20H30O15/c1-7(22)29-6-12-16(30-8(2)23)17(31-9(3)24)18(32-10(4)25)20(34-12)35-19-15(28)14(27)13(26)11(5-21)33-19/h11-21,26-28H,5-6H2,1-4H3/t11-,12+,13+,14+,15-,16-,17+,18-,19+,20+/m1/s1. The van der Waals surface area contributed by atoms with Gasteiger partial charge in [-0.05, 0) is 0 Å². The van der Waals surface area contributed by atoms with E-state index in [4.69, 9.17) is 33.2 Å². The van der Waals surface area contributed by atoms with E-state index in [2.05, 4.69) is 0 Å². The molecule has 2 rings (SSSR count). The highest BCUT2D eigenvalue weighted by Crippen LogP contribution is 2.32. The van der Waals surface area contributed by atoms with Crippen LogP contribution in [0.5, 0.6) is 0 Å². The van der Waals surface area contributed by atoms with Gasteiger partial charge in [0.1, 0.15) is 37.1 Å². The minimum absolute atomic E-state index is 0.508. The summed E-state index contributed by atoms with van der Waals surface area (Å²) in [5.74, 6) is -3.27. The van der Waals surface area contributed by atoms with Crippen LogP contribution in [0, 0.1) is 0 Å². The van der Waals surface area contributed by atoms with Gasteiger partial charge in [-0.3, -0.25) is 19.2 Å². The molecule has 0 radical (unpaired) electrons. The summed E-state index contributed by atoms with van der Waals surface area (Å²) in [5, 5.41) is 39.7. The first-order valence-corrected chi connectivity index (χ1v) is 10.6. The molecule has 15 heteroatoms. The number of rotatable bonds is 8. The predicted molar refractivity (Wildman–Crippen MR) is 107 cm³/mol. The molecular formula is C20H30O15. The number of hydrogen-bond acceptors (Lipinski definition) is 15. The van der Waals surface area contributed by atoms with Crippen LogP contribution in [0.4, 0.5) is 0 Å². The van der Waals surface area contributed by atoms with Crippen molar-refractivity contribution in [2.45, 2.75) is 89.1 Å². The maximum absolute atomic E-state index is 11.8. The van der Waals surface area contributed by atoms with Gasteiger partial charge in [0.2, 0.25) is 6.29 Å². The summed E-state index contributed by atoms with van der Waals surface area (Å²) in [6.07, 6.45) is -15.9. The van der Waals surface area contributed by atoms with E-state index in [0.717, 1.165) is 27.7 Å². The van der Waals surface area contributed by atoms with Crippen LogP contribution >= 0.6 is 0 Å². The van der Waals surface area contributed by atoms with Crippen LogP contribution in [0.3, 0.4) is 0 Å². The Morgan fingerprint density at radius 3 is 1.69 bits per heavy atom. The normalized spacial score (nSPS) is 37.1. The first-order chi connectivity index (χ1) is 16.3. The van der Waals surface area contributed by atoms with Crippen LogP contribution in [0.25, 0.3) is 0 Å². The zero-order chi connectivity index (χ0) is 26.4. The van der Waals surface area contributed by atoms with Crippen molar-refractivity contribution in [2.75, 3.05) is 13.2 Å². The van der Waals surface area contributed by atoms with E-state index in [9.17, 15) is 39.6 Å². The number of ether oxygens (including phenoxy) is 7. The number of esters is 4. The molecule has 10 atom stereocenters. The van der Waals surface area contributed by atoms with Gasteiger partial charge in [-0.15, -0.1) is 0 Å². The quantitative estimate of drug-likeness (QED) is 0.188. The van der Waals surface area contributed by atoms with E-state index >= 15 is 0 Å². The zero-order valence-corrected chi connectivity index (χ0v) is 19.5. The second kappa shape index (κ2) is 12.5. The van der Waals surface area contributed by atoms with Crippen LogP contribution in [-0.4, -0.2) is 119 Å². The molecule has 0 aromatic rings. The van der Waals surface area contributed by atoms with Gasteiger partial charge in [0.05, 0.1) is 6.61 Å². The third-order valence-electron chi connectivity index (χ3n) is 5.06. The number of aliphatic hydroxyl groups excluding tert-OH is 4.